The molecule has 4 N–H and O–H groups in total. The smallest absolute Gasteiger partial charge is 0.123 e. The quantitative estimate of drug-likeness (QED) is 0.599. The summed E-state index contributed by atoms with van der Waals surface area (Å²) < 4.78 is 0. The molecule has 0 fully saturated rings. The van der Waals surface area contributed by atoms with E-state index in [1.807, 2.05) is 0 Å². The first kappa shape index (κ1) is 16.8. The molecular weight excluding hydrogens is 280 g/mol. The van der Waals surface area contributed by atoms with Crippen LogP contribution in [0.5, 0.6) is 0 Å². The van der Waals surface area contributed by atoms with Gasteiger partial charge in [-0.25, -0.2) is 0 Å². The zero-order chi connectivity index (χ0) is 17.0. The molecule has 22 heavy (non-hydrogen) atoms. The fourth-order valence-corrected chi connectivity index (χ4v) is 3.66. The van der Waals surface area contributed by atoms with Crippen LogP contribution < -0.4 is 0 Å². The van der Waals surface area contributed by atoms with Crippen molar-refractivity contribution >= 4 is 0 Å². The van der Waals surface area contributed by atoms with Gasteiger partial charge >= 0.3 is 0 Å². The van der Waals surface area contributed by atoms with Crippen LogP contribution in [0.2, 0.25) is 0 Å². The zero-order valence-electron chi connectivity index (χ0n) is 14.1. The lowest BCUT2D eigenvalue weighted by Crippen LogP contribution is -2.61. The third kappa shape index (κ3) is 1.97. The summed E-state index contributed by atoms with van der Waals surface area (Å²) in [7, 11) is 0. The minimum atomic E-state index is -1.56. The van der Waals surface area contributed by atoms with E-state index in [1.165, 1.54) is 12.2 Å². The minimum absolute atomic E-state index is 0.167. The van der Waals surface area contributed by atoms with E-state index in [-0.39, 0.29) is 11.5 Å². The van der Waals surface area contributed by atoms with Gasteiger partial charge in [0.1, 0.15) is 22.7 Å². The molecule has 0 spiro atoms. The second-order valence-electron chi connectivity index (χ2n) is 6.81. The molecule has 4 atom stereocenters. The van der Waals surface area contributed by atoms with Gasteiger partial charge in [0.2, 0.25) is 0 Å². The molecule has 0 aromatic rings. The second kappa shape index (κ2) is 5.00. The van der Waals surface area contributed by atoms with Crippen molar-refractivity contribution in [2.75, 3.05) is 0 Å². The van der Waals surface area contributed by atoms with Gasteiger partial charge in [-0.05, 0) is 62.1 Å². The van der Waals surface area contributed by atoms with Crippen molar-refractivity contribution in [3.8, 4) is 0 Å². The molecule has 0 radical (unpaired) electrons. The Bertz CT molecular complexity index is 581. The van der Waals surface area contributed by atoms with Crippen molar-refractivity contribution in [3.05, 3.63) is 46.0 Å². The van der Waals surface area contributed by atoms with Crippen LogP contribution in [0.25, 0.3) is 0 Å². The van der Waals surface area contributed by atoms with Gasteiger partial charge in [0.05, 0.1) is 0 Å². The molecule has 0 heterocycles. The molecule has 2 rings (SSSR count). The lowest BCUT2D eigenvalue weighted by atomic mass is 9.60. The van der Waals surface area contributed by atoms with E-state index in [1.54, 1.807) is 41.5 Å². The van der Waals surface area contributed by atoms with Gasteiger partial charge in [-0.3, -0.25) is 0 Å². The third-order valence-corrected chi connectivity index (χ3v) is 5.63. The van der Waals surface area contributed by atoms with Gasteiger partial charge in [-0.15, -0.1) is 0 Å². The third-order valence-electron chi connectivity index (χ3n) is 5.63. The van der Waals surface area contributed by atoms with E-state index in [9.17, 15) is 20.4 Å². The van der Waals surface area contributed by atoms with Gasteiger partial charge in [0, 0.05) is 11.8 Å². The zero-order valence-corrected chi connectivity index (χ0v) is 14.1. The highest BCUT2D eigenvalue weighted by atomic mass is 16.4. The van der Waals surface area contributed by atoms with Crippen LogP contribution in [-0.4, -0.2) is 31.6 Å². The molecule has 0 saturated heterocycles. The Balaban J connectivity index is 2.65. The van der Waals surface area contributed by atoms with Crippen molar-refractivity contribution in [1.29, 1.82) is 0 Å². The first-order chi connectivity index (χ1) is 9.97. The van der Waals surface area contributed by atoms with Gasteiger partial charge in [0.25, 0.3) is 0 Å². The Hall–Kier alpha value is -1.52. The molecule has 0 aliphatic heterocycles. The van der Waals surface area contributed by atoms with Crippen molar-refractivity contribution in [3.63, 3.8) is 0 Å². The monoisotopic (exact) mass is 306 g/mol. The molecule has 0 bridgehead atoms. The fraction of sp³-hybridized carbons (Fsp3) is 0.556. The maximum atomic E-state index is 11.4. The molecule has 4 nitrogen and oxygen atoms in total. The highest BCUT2D eigenvalue weighted by molar-refractivity contribution is 5.47. The topological polar surface area (TPSA) is 80.9 Å². The van der Waals surface area contributed by atoms with Crippen LogP contribution in [0.3, 0.4) is 0 Å². The van der Waals surface area contributed by atoms with Gasteiger partial charge in [0.15, 0.2) is 0 Å². The SMILES string of the molecule is CC1=CC(O)(C2(O)C=C(C)C(O)=C(C)C2C)C(C)C(C)=C1O. The number of hydrogen-bond donors (Lipinski definition) is 4. The van der Waals surface area contributed by atoms with Crippen molar-refractivity contribution in [2.24, 2.45) is 11.8 Å². The van der Waals surface area contributed by atoms with E-state index in [4.69, 9.17) is 0 Å². The summed E-state index contributed by atoms with van der Waals surface area (Å²) >= 11 is 0. The molecule has 4 unspecified atom stereocenters. The first-order valence-corrected chi connectivity index (χ1v) is 7.61. The van der Waals surface area contributed by atoms with Gasteiger partial charge < -0.3 is 20.4 Å². The maximum absolute atomic E-state index is 11.4. The average Bonchev–Trinajstić information content (AvgIpc) is 2.46. The average molecular weight is 306 g/mol. The normalized spacial score (nSPS) is 39.8. The van der Waals surface area contributed by atoms with Gasteiger partial charge in [-0.2, -0.15) is 0 Å². The van der Waals surface area contributed by atoms with Crippen LogP contribution >= 0.6 is 0 Å². The molecule has 0 saturated carbocycles. The summed E-state index contributed by atoms with van der Waals surface area (Å²) in [6, 6.07) is 0. The van der Waals surface area contributed by atoms with Crippen LogP contribution in [0.1, 0.15) is 41.5 Å². The largest absolute Gasteiger partial charge is 0.508 e. The predicted molar refractivity (Wildman–Crippen MR) is 86.4 cm³/mol. The van der Waals surface area contributed by atoms with Gasteiger partial charge in [-0.1, -0.05) is 13.8 Å². The molecule has 122 valence electrons. The number of hydrogen-bond acceptors (Lipinski definition) is 4. The summed E-state index contributed by atoms with van der Waals surface area (Å²) in [5.74, 6) is -0.582. The molecule has 0 amide bonds. The van der Waals surface area contributed by atoms with E-state index < -0.39 is 23.0 Å². The van der Waals surface area contributed by atoms with Crippen LogP contribution in [0.4, 0.5) is 0 Å². The molecular formula is C18H26O4. The van der Waals surface area contributed by atoms with E-state index in [0.717, 1.165) is 0 Å². The highest BCUT2D eigenvalue weighted by Gasteiger charge is 2.57. The maximum Gasteiger partial charge on any atom is 0.123 e. The number of rotatable bonds is 1. The van der Waals surface area contributed by atoms with E-state index >= 15 is 0 Å². The second-order valence-corrected chi connectivity index (χ2v) is 6.81. The molecule has 2 aliphatic rings. The first-order valence-electron chi connectivity index (χ1n) is 7.61. The molecule has 0 aromatic heterocycles. The Morgan fingerprint density at radius 2 is 1.00 bits per heavy atom. The highest BCUT2D eigenvalue weighted by Crippen LogP contribution is 2.49. The van der Waals surface area contributed by atoms with Crippen molar-refractivity contribution in [2.45, 2.75) is 52.7 Å². The molecule has 2 aliphatic carbocycles. The lowest BCUT2D eigenvalue weighted by molar-refractivity contribution is -0.137. The lowest BCUT2D eigenvalue weighted by Gasteiger charge is -2.51. The number of allylic oxidation sites excluding steroid dienone is 2. The van der Waals surface area contributed by atoms with Crippen LogP contribution in [-0.2, 0) is 0 Å². The van der Waals surface area contributed by atoms with Crippen LogP contribution in [0, 0.1) is 11.8 Å². The fourth-order valence-electron chi connectivity index (χ4n) is 3.66. The van der Waals surface area contributed by atoms with E-state index in [0.29, 0.717) is 22.3 Å². The number of aliphatic hydroxyl groups excluding tert-OH is 2. The summed E-state index contributed by atoms with van der Waals surface area (Å²) in [5, 5.41) is 42.9. The summed E-state index contributed by atoms with van der Waals surface area (Å²) in [4.78, 5) is 0. The summed E-state index contributed by atoms with van der Waals surface area (Å²) in [5.41, 5.74) is -0.745. The molecule has 0 aromatic carbocycles. The van der Waals surface area contributed by atoms with Crippen LogP contribution in [0.15, 0.2) is 46.0 Å². The van der Waals surface area contributed by atoms with Crippen molar-refractivity contribution in [1.82, 2.24) is 0 Å². The Morgan fingerprint density at radius 1 is 0.727 bits per heavy atom. The summed E-state index contributed by atoms with van der Waals surface area (Å²) in [6.07, 6.45) is 3.08. The standard InChI is InChI=1S/C18H26O4/c1-9-7-17(21,13(5)11(3)15(9)19)18(22)8-10(2)16(20)12(4)14(18)6/h7-8,13-14,19-22H,1-6H3. The minimum Gasteiger partial charge on any atom is -0.508 e. The number of aliphatic hydroxyl groups is 4. The molecule has 4 heteroatoms. The Labute approximate surface area is 131 Å². The van der Waals surface area contributed by atoms with Crippen molar-refractivity contribution < 1.29 is 20.4 Å². The summed E-state index contributed by atoms with van der Waals surface area (Å²) in [6.45, 7) is 10.5. The predicted octanol–water partition coefficient (Wildman–Crippen LogP) is 3.30. The Morgan fingerprint density at radius 3 is 1.27 bits per heavy atom. The van der Waals surface area contributed by atoms with E-state index in [2.05, 4.69) is 0 Å². The Kier molecular flexibility index (Phi) is 3.83.